The van der Waals surface area contributed by atoms with Crippen molar-refractivity contribution in [2.75, 3.05) is 0 Å². The second-order valence-corrected chi connectivity index (χ2v) is 4.43. The summed E-state index contributed by atoms with van der Waals surface area (Å²) >= 11 is 0. The lowest BCUT2D eigenvalue weighted by molar-refractivity contribution is -0.143. The SMILES string of the molecule is CC(C)(C)OC1CCCCC1=O. The van der Waals surface area contributed by atoms with E-state index in [-0.39, 0.29) is 17.5 Å². The number of carbonyl (C=O) groups is 1. The van der Waals surface area contributed by atoms with Gasteiger partial charge < -0.3 is 4.74 Å². The van der Waals surface area contributed by atoms with Crippen LogP contribution in [0.15, 0.2) is 0 Å². The van der Waals surface area contributed by atoms with E-state index in [4.69, 9.17) is 4.74 Å². The standard InChI is InChI=1S/C10H18O2/c1-10(2,3)12-9-7-5-4-6-8(9)11/h9H,4-7H2,1-3H3. The Morgan fingerprint density at radius 1 is 1.33 bits per heavy atom. The van der Waals surface area contributed by atoms with Crippen molar-refractivity contribution >= 4 is 5.78 Å². The molecule has 1 aliphatic rings. The van der Waals surface area contributed by atoms with Crippen molar-refractivity contribution in [3.63, 3.8) is 0 Å². The molecule has 1 rings (SSSR count). The normalized spacial score (nSPS) is 25.9. The topological polar surface area (TPSA) is 26.3 Å². The van der Waals surface area contributed by atoms with Crippen LogP contribution in [0.3, 0.4) is 0 Å². The fraction of sp³-hybridized carbons (Fsp3) is 0.900. The van der Waals surface area contributed by atoms with Crippen LogP contribution < -0.4 is 0 Å². The minimum atomic E-state index is -0.183. The highest BCUT2D eigenvalue weighted by molar-refractivity contribution is 5.83. The first-order valence-electron chi connectivity index (χ1n) is 4.69. The zero-order chi connectivity index (χ0) is 9.19. The van der Waals surface area contributed by atoms with Gasteiger partial charge in [-0.15, -0.1) is 0 Å². The quantitative estimate of drug-likeness (QED) is 0.603. The van der Waals surface area contributed by atoms with Gasteiger partial charge in [-0.05, 0) is 40.0 Å². The summed E-state index contributed by atoms with van der Waals surface area (Å²) in [7, 11) is 0. The molecule has 0 amide bonds. The first kappa shape index (κ1) is 9.72. The molecule has 0 aromatic carbocycles. The first-order chi connectivity index (χ1) is 5.49. The molecule has 2 heteroatoms. The molecule has 0 aromatic rings. The maximum atomic E-state index is 11.3. The molecular formula is C10H18O2. The Morgan fingerprint density at radius 3 is 2.50 bits per heavy atom. The van der Waals surface area contributed by atoms with E-state index in [0.717, 1.165) is 19.3 Å². The third kappa shape index (κ3) is 2.94. The number of ether oxygens (including phenoxy) is 1. The third-order valence-corrected chi connectivity index (χ3v) is 1.99. The summed E-state index contributed by atoms with van der Waals surface area (Å²) in [5.74, 6) is 0.288. The van der Waals surface area contributed by atoms with E-state index in [1.165, 1.54) is 0 Å². The molecule has 1 fully saturated rings. The van der Waals surface area contributed by atoms with Gasteiger partial charge in [0.2, 0.25) is 0 Å². The monoisotopic (exact) mass is 170 g/mol. The van der Waals surface area contributed by atoms with E-state index in [0.29, 0.717) is 6.42 Å². The molecule has 0 aromatic heterocycles. The molecule has 0 bridgehead atoms. The van der Waals surface area contributed by atoms with Crippen molar-refractivity contribution in [1.29, 1.82) is 0 Å². The van der Waals surface area contributed by atoms with Crippen molar-refractivity contribution < 1.29 is 9.53 Å². The maximum Gasteiger partial charge on any atom is 0.161 e. The van der Waals surface area contributed by atoms with Crippen LogP contribution in [0.5, 0.6) is 0 Å². The number of hydrogen-bond acceptors (Lipinski definition) is 2. The second kappa shape index (κ2) is 3.56. The van der Waals surface area contributed by atoms with E-state index < -0.39 is 0 Å². The third-order valence-electron chi connectivity index (χ3n) is 1.99. The minimum absolute atomic E-state index is 0.126. The predicted octanol–water partition coefficient (Wildman–Crippen LogP) is 2.31. The van der Waals surface area contributed by atoms with Crippen molar-refractivity contribution in [1.82, 2.24) is 0 Å². The van der Waals surface area contributed by atoms with Crippen molar-refractivity contribution in [2.45, 2.75) is 58.2 Å². The lowest BCUT2D eigenvalue weighted by Gasteiger charge is -2.28. The van der Waals surface area contributed by atoms with Gasteiger partial charge in [0.15, 0.2) is 5.78 Å². The van der Waals surface area contributed by atoms with Gasteiger partial charge in [0.05, 0.1) is 5.60 Å². The number of Topliss-reactive ketones (excluding diaryl/α,β-unsaturated/α-hetero) is 1. The van der Waals surface area contributed by atoms with Crippen molar-refractivity contribution in [3.05, 3.63) is 0 Å². The van der Waals surface area contributed by atoms with E-state index in [2.05, 4.69) is 0 Å². The Bertz CT molecular complexity index is 167. The van der Waals surface area contributed by atoms with Gasteiger partial charge >= 0.3 is 0 Å². The molecule has 12 heavy (non-hydrogen) atoms. The average molecular weight is 170 g/mol. The van der Waals surface area contributed by atoms with E-state index in [1.54, 1.807) is 0 Å². The number of ketones is 1. The Balaban J connectivity index is 2.45. The largest absolute Gasteiger partial charge is 0.365 e. The van der Waals surface area contributed by atoms with Gasteiger partial charge in [0.1, 0.15) is 6.10 Å². The summed E-state index contributed by atoms with van der Waals surface area (Å²) < 4.78 is 5.64. The summed E-state index contributed by atoms with van der Waals surface area (Å²) in [5, 5.41) is 0. The highest BCUT2D eigenvalue weighted by Crippen LogP contribution is 2.22. The molecule has 1 unspecified atom stereocenters. The van der Waals surface area contributed by atoms with Gasteiger partial charge in [-0.3, -0.25) is 4.79 Å². The fourth-order valence-electron chi connectivity index (χ4n) is 1.50. The average Bonchev–Trinajstić information content (AvgIpc) is 1.91. The molecule has 0 N–H and O–H groups in total. The van der Waals surface area contributed by atoms with Crippen LogP contribution >= 0.6 is 0 Å². The molecular weight excluding hydrogens is 152 g/mol. The zero-order valence-electron chi connectivity index (χ0n) is 8.22. The molecule has 1 saturated carbocycles. The molecule has 0 saturated heterocycles. The molecule has 0 aliphatic heterocycles. The predicted molar refractivity (Wildman–Crippen MR) is 48.1 cm³/mol. The Labute approximate surface area is 74.3 Å². The van der Waals surface area contributed by atoms with Crippen LogP contribution in [0.2, 0.25) is 0 Å². The molecule has 70 valence electrons. The van der Waals surface area contributed by atoms with E-state index in [9.17, 15) is 4.79 Å². The van der Waals surface area contributed by atoms with Crippen molar-refractivity contribution in [3.8, 4) is 0 Å². The summed E-state index contributed by atoms with van der Waals surface area (Å²) in [6.45, 7) is 5.98. The highest BCUT2D eigenvalue weighted by atomic mass is 16.5. The Kier molecular flexibility index (Phi) is 2.89. The minimum Gasteiger partial charge on any atom is -0.365 e. The van der Waals surface area contributed by atoms with Crippen LogP contribution in [-0.4, -0.2) is 17.5 Å². The number of carbonyl (C=O) groups excluding carboxylic acids is 1. The molecule has 1 atom stereocenters. The molecule has 0 radical (unpaired) electrons. The van der Waals surface area contributed by atoms with Gasteiger partial charge in [0.25, 0.3) is 0 Å². The maximum absolute atomic E-state index is 11.3. The van der Waals surface area contributed by atoms with Gasteiger partial charge in [-0.2, -0.15) is 0 Å². The molecule has 0 heterocycles. The van der Waals surface area contributed by atoms with Crippen LogP contribution in [0, 0.1) is 0 Å². The number of rotatable bonds is 1. The first-order valence-corrected chi connectivity index (χ1v) is 4.69. The lowest BCUT2D eigenvalue weighted by Crippen LogP contribution is -2.35. The van der Waals surface area contributed by atoms with E-state index >= 15 is 0 Å². The highest BCUT2D eigenvalue weighted by Gasteiger charge is 2.26. The zero-order valence-corrected chi connectivity index (χ0v) is 8.22. The molecule has 1 aliphatic carbocycles. The fourth-order valence-corrected chi connectivity index (χ4v) is 1.50. The Hall–Kier alpha value is -0.370. The van der Waals surface area contributed by atoms with E-state index in [1.807, 2.05) is 20.8 Å². The lowest BCUT2D eigenvalue weighted by atomic mass is 9.95. The van der Waals surface area contributed by atoms with Crippen LogP contribution in [0.4, 0.5) is 0 Å². The number of hydrogen-bond donors (Lipinski definition) is 0. The summed E-state index contributed by atoms with van der Waals surface area (Å²) in [4.78, 5) is 11.3. The van der Waals surface area contributed by atoms with Crippen LogP contribution in [-0.2, 0) is 9.53 Å². The summed E-state index contributed by atoms with van der Waals surface area (Å²) in [5.41, 5.74) is -0.183. The summed E-state index contributed by atoms with van der Waals surface area (Å²) in [6.07, 6.45) is 3.67. The molecule has 2 nitrogen and oxygen atoms in total. The van der Waals surface area contributed by atoms with Gasteiger partial charge in [-0.25, -0.2) is 0 Å². The van der Waals surface area contributed by atoms with Gasteiger partial charge in [-0.1, -0.05) is 0 Å². The van der Waals surface area contributed by atoms with Crippen molar-refractivity contribution in [2.24, 2.45) is 0 Å². The van der Waals surface area contributed by atoms with Crippen LogP contribution in [0.25, 0.3) is 0 Å². The molecule has 0 spiro atoms. The van der Waals surface area contributed by atoms with Gasteiger partial charge in [0, 0.05) is 6.42 Å². The smallest absolute Gasteiger partial charge is 0.161 e. The Morgan fingerprint density at radius 2 is 2.00 bits per heavy atom. The van der Waals surface area contributed by atoms with Crippen LogP contribution in [0.1, 0.15) is 46.5 Å². The summed E-state index contributed by atoms with van der Waals surface area (Å²) in [6, 6.07) is 0. The second-order valence-electron chi connectivity index (χ2n) is 4.43.